The smallest absolute Gasteiger partial charge is 0.133 e. The van der Waals surface area contributed by atoms with Gasteiger partial charge in [-0.25, -0.2) is 0 Å². The van der Waals surface area contributed by atoms with Gasteiger partial charge < -0.3 is 0 Å². The fraction of sp³-hybridized carbons (Fsp3) is 0.650. The number of allylic oxidation sites excluding steroid dienone is 6. The topological polar surface area (TPSA) is 17.1 Å². The first-order valence-electron chi connectivity index (χ1n) is 8.31. The summed E-state index contributed by atoms with van der Waals surface area (Å²) in [6.07, 6.45) is 13.3. The molecule has 21 heavy (non-hydrogen) atoms. The zero-order valence-electron chi connectivity index (χ0n) is 15.0. The summed E-state index contributed by atoms with van der Waals surface area (Å²) in [6, 6.07) is 0. The van der Waals surface area contributed by atoms with E-state index < -0.39 is 0 Å². The second-order valence-corrected chi connectivity index (χ2v) is 6.41. The first kappa shape index (κ1) is 19.9. The van der Waals surface area contributed by atoms with Crippen LogP contribution in [0.3, 0.4) is 0 Å². The first-order chi connectivity index (χ1) is 9.86. The minimum absolute atomic E-state index is 0.210. The summed E-state index contributed by atoms with van der Waals surface area (Å²) in [5, 5.41) is 0. The molecule has 0 aliphatic rings. The van der Waals surface area contributed by atoms with Gasteiger partial charge in [-0.05, 0) is 73.1 Å². The number of rotatable bonds is 10. The minimum atomic E-state index is 0.210. The van der Waals surface area contributed by atoms with Gasteiger partial charge in [-0.1, -0.05) is 41.9 Å². The molecular formula is C20H34O. The molecule has 0 amide bonds. The molecule has 0 N–H and O–H groups in total. The second kappa shape index (κ2) is 11.5. The van der Waals surface area contributed by atoms with Crippen molar-refractivity contribution in [3.8, 4) is 0 Å². The van der Waals surface area contributed by atoms with E-state index in [9.17, 15) is 4.79 Å². The van der Waals surface area contributed by atoms with E-state index in [2.05, 4.69) is 52.8 Å². The fourth-order valence-electron chi connectivity index (χ4n) is 2.30. The number of hydrogen-bond donors (Lipinski definition) is 0. The highest BCUT2D eigenvalue weighted by Gasteiger charge is 2.09. The minimum Gasteiger partial charge on any atom is -0.300 e. The lowest BCUT2D eigenvalue weighted by molar-refractivity contribution is -0.120. The number of hydrogen-bond acceptors (Lipinski definition) is 1. The van der Waals surface area contributed by atoms with Crippen LogP contribution in [0.2, 0.25) is 0 Å². The Hall–Kier alpha value is -1.11. The average Bonchev–Trinajstić information content (AvgIpc) is 2.38. The van der Waals surface area contributed by atoms with E-state index in [-0.39, 0.29) is 5.92 Å². The third kappa shape index (κ3) is 11.2. The molecule has 0 aliphatic carbocycles. The Bertz CT molecular complexity index is 392. The molecule has 0 bridgehead atoms. The molecule has 0 fully saturated rings. The van der Waals surface area contributed by atoms with Crippen LogP contribution >= 0.6 is 0 Å². The summed E-state index contributed by atoms with van der Waals surface area (Å²) < 4.78 is 0. The first-order valence-corrected chi connectivity index (χ1v) is 8.31. The number of Topliss-reactive ketones (excluding diaryl/α,β-unsaturated/α-hetero) is 1. The Kier molecular flexibility index (Phi) is 10.9. The summed E-state index contributed by atoms with van der Waals surface area (Å²) in [5.74, 6) is 0.526. The highest BCUT2D eigenvalue weighted by Crippen LogP contribution is 2.15. The molecule has 0 spiro atoms. The molecule has 0 saturated heterocycles. The molecule has 0 saturated carbocycles. The van der Waals surface area contributed by atoms with Gasteiger partial charge in [0.15, 0.2) is 0 Å². The maximum atomic E-state index is 11.4. The van der Waals surface area contributed by atoms with Gasteiger partial charge in [0.05, 0.1) is 0 Å². The third-order valence-corrected chi connectivity index (χ3v) is 3.94. The standard InChI is InChI=1S/C20H34O/c1-7-20(19(6)21)15-14-18(5)13-9-12-17(4)11-8-10-16(2)3/h10,12,14,20H,7-9,11,13,15H2,1-6H3/b17-12?,18-14+. The lowest BCUT2D eigenvalue weighted by Gasteiger charge is -2.08. The van der Waals surface area contributed by atoms with Crippen LogP contribution in [0.4, 0.5) is 0 Å². The van der Waals surface area contributed by atoms with Crippen LogP contribution in [0, 0.1) is 5.92 Å². The molecule has 120 valence electrons. The summed E-state index contributed by atoms with van der Waals surface area (Å²) >= 11 is 0. The molecule has 0 aromatic carbocycles. The Balaban J connectivity index is 4.09. The van der Waals surface area contributed by atoms with E-state index in [4.69, 9.17) is 0 Å². The Morgan fingerprint density at radius 2 is 1.38 bits per heavy atom. The van der Waals surface area contributed by atoms with Crippen molar-refractivity contribution in [2.24, 2.45) is 5.92 Å². The SMILES string of the molecule is CCC(C/C=C(\C)CCC=C(C)CCC=C(C)C)C(C)=O. The normalized spacial score (nSPS) is 14.0. The summed E-state index contributed by atoms with van der Waals surface area (Å²) in [7, 11) is 0. The predicted octanol–water partition coefficient (Wildman–Crippen LogP) is 6.41. The number of carbonyl (C=O) groups excluding carboxylic acids is 1. The monoisotopic (exact) mass is 290 g/mol. The van der Waals surface area contributed by atoms with Crippen molar-refractivity contribution >= 4 is 5.78 Å². The zero-order chi connectivity index (χ0) is 16.3. The van der Waals surface area contributed by atoms with Crippen LogP contribution in [0.1, 0.15) is 80.1 Å². The molecule has 1 unspecified atom stereocenters. The molecule has 0 rings (SSSR count). The largest absolute Gasteiger partial charge is 0.300 e. The van der Waals surface area contributed by atoms with Crippen molar-refractivity contribution in [3.05, 3.63) is 34.9 Å². The Morgan fingerprint density at radius 1 is 0.857 bits per heavy atom. The molecule has 0 radical (unpaired) electrons. The molecule has 1 nitrogen and oxygen atoms in total. The van der Waals surface area contributed by atoms with Gasteiger partial charge in [-0.3, -0.25) is 4.79 Å². The summed E-state index contributed by atoms with van der Waals surface area (Å²) in [6.45, 7) is 12.5. The average molecular weight is 290 g/mol. The van der Waals surface area contributed by atoms with Crippen molar-refractivity contribution in [1.29, 1.82) is 0 Å². The van der Waals surface area contributed by atoms with Gasteiger partial charge >= 0.3 is 0 Å². The van der Waals surface area contributed by atoms with E-state index in [1.807, 2.05) is 0 Å². The van der Waals surface area contributed by atoms with Crippen LogP contribution in [0.5, 0.6) is 0 Å². The van der Waals surface area contributed by atoms with Gasteiger partial charge in [-0.15, -0.1) is 0 Å². The molecule has 0 aromatic rings. The Labute approximate surface area is 132 Å². The predicted molar refractivity (Wildman–Crippen MR) is 94.5 cm³/mol. The van der Waals surface area contributed by atoms with Crippen LogP contribution in [0.15, 0.2) is 34.9 Å². The molecular weight excluding hydrogens is 256 g/mol. The summed E-state index contributed by atoms with van der Waals surface area (Å²) in [5.41, 5.74) is 4.29. The highest BCUT2D eigenvalue weighted by atomic mass is 16.1. The fourth-order valence-corrected chi connectivity index (χ4v) is 2.30. The molecule has 0 aliphatic heterocycles. The van der Waals surface area contributed by atoms with E-state index >= 15 is 0 Å². The van der Waals surface area contributed by atoms with E-state index in [1.165, 1.54) is 16.7 Å². The molecule has 0 heterocycles. The number of ketones is 1. The van der Waals surface area contributed by atoms with Crippen LogP contribution in [-0.2, 0) is 4.79 Å². The third-order valence-electron chi connectivity index (χ3n) is 3.94. The van der Waals surface area contributed by atoms with E-state index in [0.717, 1.165) is 38.5 Å². The van der Waals surface area contributed by atoms with Gasteiger partial charge in [0.1, 0.15) is 5.78 Å². The van der Waals surface area contributed by atoms with Crippen molar-refractivity contribution in [3.63, 3.8) is 0 Å². The van der Waals surface area contributed by atoms with Gasteiger partial charge in [0, 0.05) is 5.92 Å². The van der Waals surface area contributed by atoms with Crippen molar-refractivity contribution < 1.29 is 4.79 Å². The maximum Gasteiger partial charge on any atom is 0.133 e. The Morgan fingerprint density at radius 3 is 1.86 bits per heavy atom. The van der Waals surface area contributed by atoms with Crippen molar-refractivity contribution in [2.75, 3.05) is 0 Å². The summed E-state index contributed by atoms with van der Waals surface area (Å²) in [4.78, 5) is 11.4. The van der Waals surface area contributed by atoms with Crippen molar-refractivity contribution in [1.82, 2.24) is 0 Å². The lowest BCUT2D eigenvalue weighted by Crippen LogP contribution is -2.08. The van der Waals surface area contributed by atoms with E-state index in [0.29, 0.717) is 5.78 Å². The lowest BCUT2D eigenvalue weighted by atomic mass is 9.96. The van der Waals surface area contributed by atoms with Crippen LogP contribution < -0.4 is 0 Å². The number of carbonyl (C=O) groups is 1. The molecule has 1 atom stereocenters. The van der Waals surface area contributed by atoms with Crippen molar-refractivity contribution in [2.45, 2.75) is 80.1 Å². The van der Waals surface area contributed by atoms with E-state index in [1.54, 1.807) is 6.92 Å². The van der Waals surface area contributed by atoms with Gasteiger partial charge in [0.25, 0.3) is 0 Å². The second-order valence-electron chi connectivity index (χ2n) is 6.41. The molecule has 0 aromatic heterocycles. The highest BCUT2D eigenvalue weighted by molar-refractivity contribution is 5.78. The zero-order valence-corrected chi connectivity index (χ0v) is 15.0. The maximum absolute atomic E-state index is 11.4. The quantitative estimate of drug-likeness (QED) is 0.425. The molecule has 1 heteroatoms. The van der Waals surface area contributed by atoms with Gasteiger partial charge in [-0.2, -0.15) is 0 Å². The van der Waals surface area contributed by atoms with Crippen LogP contribution in [0.25, 0.3) is 0 Å². The van der Waals surface area contributed by atoms with Crippen LogP contribution in [-0.4, -0.2) is 5.78 Å². The van der Waals surface area contributed by atoms with Gasteiger partial charge in [0.2, 0.25) is 0 Å².